The average molecular weight is 410 g/mol. The predicted molar refractivity (Wildman–Crippen MR) is 110 cm³/mol. The molecule has 4 rings (SSSR count). The molecule has 0 unspecified atom stereocenters. The van der Waals surface area contributed by atoms with Crippen LogP contribution in [0.1, 0.15) is 10.4 Å². The van der Waals surface area contributed by atoms with E-state index in [4.69, 9.17) is 5.14 Å². The third-order valence-electron chi connectivity index (χ3n) is 4.65. The molecule has 1 aromatic heterocycles. The fraction of sp³-hybridized carbons (Fsp3) is 0.105. The number of nitrogens with zero attached hydrogens (tertiary/aromatic N) is 4. The molecule has 0 atom stereocenters. The average Bonchev–Trinajstić information content (AvgIpc) is 2.78. The van der Waals surface area contributed by atoms with E-state index >= 15 is 0 Å². The van der Waals surface area contributed by atoms with Gasteiger partial charge in [-0.3, -0.25) is 4.79 Å². The van der Waals surface area contributed by atoms with Crippen molar-refractivity contribution in [1.29, 1.82) is 0 Å². The standard InChI is InChI=1S/C19H18N6O3S/c1-24-15-9-4-3-8-14(15)18(26)25(2)16-11-21-19(23-17(16)24)22-12-6-5-7-13(10-12)29(20,27)28/h3-11H,1-2H3,(H2,20,27,28)(H,21,22,23). The highest BCUT2D eigenvalue weighted by atomic mass is 32.2. The molecule has 0 radical (unpaired) electrons. The van der Waals surface area contributed by atoms with E-state index in [1.54, 1.807) is 31.4 Å². The van der Waals surface area contributed by atoms with Crippen molar-refractivity contribution in [2.75, 3.05) is 29.2 Å². The number of carbonyl (C=O) groups excluding carboxylic acids is 1. The fourth-order valence-corrected chi connectivity index (χ4v) is 3.70. The van der Waals surface area contributed by atoms with Gasteiger partial charge in [-0.05, 0) is 30.3 Å². The van der Waals surface area contributed by atoms with Gasteiger partial charge in [-0.15, -0.1) is 0 Å². The van der Waals surface area contributed by atoms with Crippen LogP contribution in [0.3, 0.4) is 0 Å². The number of rotatable bonds is 3. The molecule has 3 N–H and O–H groups in total. The molecular weight excluding hydrogens is 392 g/mol. The van der Waals surface area contributed by atoms with Crippen LogP contribution in [-0.2, 0) is 10.0 Å². The second-order valence-electron chi connectivity index (χ2n) is 6.54. The highest BCUT2D eigenvalue weighted by Gasteiger charge is 2.28. The first kappa shape index (κ1) is 18.8. The van der Waals surface area contributed by atoms with Gasteiger partial charge in [0.05, 0.1) is 22.3 Å². The van der Waals surface area contributed by atoms with Gasteiger partial charge in [0.15, 0.2) is 5.82 Å². The van der Waals surface area contributed by atoms with E-state index in [2.05, 4.69) is 15.3 Å². The van der Waals surface area contributed by atoms with Crippen LogP contribution in [0, 0.1) is 0 Å². The van der Waals surface area contributed by atoms with Crippen LogP contribution in [0.15, 0.2) is 59.6 Å². The molecule has 0 spiro atoms. The van der Waals surface area contributed by atoms with Gasteiger partial charge >= 0.3 is 0 Å². The molecule has 0 bridgehead atoms. The maximum atomic E-state index is 12.8. The van der Waals surface area contributed by atoms with Gasteiger partial charge in [-0.2, -0.15) is 4.98 Å². The SMILES string of the molecule is CN1C(=O)c2ccccc2N(C)c2nc(Nc3cccc(S(N)(=O)=O)c3)ncc21. The van der Waals surface area contributed by atoms with Gasteiger partial charge in [0, 0.05) is 19.8 Å². The van der Waals surface area contributed by atoms with Crippen LogP contribution in [0.2, 0.25) is 0 Å². The number of hydrogen-bond acceptors (Lipinski definition) is 7. The number of benzene rings is 2. The van der Waals surface area contributed by atoms with Crippen LogP contribution < -0.4 is 20.3 Å². The second-order valence-corrected chi connectivity index (χ2v) is 8.10. The van der Waals surface area contributed by atoms with Gasteiger partial charge in [-0.25, -0.2) is 18.5 Å². The first-order valence-corrected chi connectivity index (χ1v) is 10.2. The van der Waals surface area contributed by atoms with E-state index in [0.29, 0.717) is 22.8 Å². The third-order valence-corrected chi connectivity index (χ3v) is 5.56. The van der Waals surface area contributed by atoms with E-state index < -0.39 is 10.0 Å². The first-order valence-electron chi connectivity index (χ1n) is 8.63. The summed E-state index contributed by atoms with van der Waals surface area (Å²) in [5.41, 5.74) is 2.31. The Bertz CT molecular complexity index is 1230. The lowest BCUT2D eigenvalue weighted by atomic mass is 10.1. The van der Waals surface area contributed by atoms with Crippen LogP contribution in [0.25, 0.3) is 0 Å². The smallest absolute Gasteiger partial charge is 0.260 e. The Morgan fingerprint density at radius 2 is 1.76 bits per heavy atom. The quantitative estimate of drug-likeness (QED) is 0.679. The monoisotopic (exact) mass is 410 g/mol. The Kier molecular flexibility index (Phi) is 4.44. The van der Waals surface area contributed by atoms with E-state index in [1.807, 2.05) is 30.1 Å². The van der Waals surface area contributed by atoms with Crippen LogP contribution in [0.5, 0.6) is 0 Å². The van der Waals surface area contributed by atoms with E-state index in [1.165, 1.54) is 17.0 Å². The molecule has 0 saturated heterocycles. The molecule has 2 aromatic carbocycles. The van der Waals surface area contributed by atoms with E-state index in [0.717, 1.165) is 5.69 Å². The maximum absolute atomic E-state index is 12.8. The summed E-state index contributed by atoms with van der Waals surface area (Å²) in [6, 6.07) is 13.3. The zero-order valence-corrected chi connectivity index (χ0v) is 16.5. The molecule has 1 aliphatic rings. The Morgan fingerprint density at radius 1 is 1.00 bits per heavy atom. The Morgan fingerprint density at radius 3 is 2.52 bits per heavy atom. The molecule has 1 amide bonds. The van der Waals surface area contributed by atoms with E-state index in [-0.39, 0.29) is 16.8 Å². The van der Waals surface area contributed by atoms with Gasteiger partial charge in [-0.1, -0.05) is 18.2 Å². The molecule has 0 aliphatic carbocycles. The molecule has 10 heteroatoms. The number of fused-ring (bicyclic) bond motifs is 2. The molecule has 3 aromatic rings. The minimum Gasteiger partial charge on any atom is -0.327 e. The number of amides is 1. The summed E-state index contributed by atoms with van der Waals surface area (Å²) in [4.78, 5) is 24.9. The summed E-state index contributed by atoms with van der Waals surface area (Å²) in [5.74, 6) is 0.629. The number of aromatic nitrogens is 2. The summed E-state index contributed by atoms with van der Waals surface area (Å²) in [6.07, 6.45) is 1.55. The largest absolute Gasteiger partial charge is 0.327 e. The fourth-order valence-electron chi connectivity index (χ4n) is 3.14. The van der Waals surface area contributed by atoms with Crippen molar-refractivity contribution in [3.63, 3.8) is 0 Å². The summed E-state index contributed by atoms with van der Waals surface area (Å²) >= 11 is 0. The molecular formula is C19H18N6O3S. The molecule has 1 aliphatic heterocycles. The molecule has 29 heavy (non-hydrogen) atoms. The number of carbonyl (C=O) groups is 1. The van der Waals surface area contributed by atoms with Gasteiger partial charge in [0.2, 0.25) is 16.0 Å². The predicted octanol–water partition coefficient (Wildman–Crippen LogP) is 2.23. The number of nitrogens with two attached hydrogens (primary N) is 1. The summed E-state index contributed by atoms with van der Waals surface area (Å²) in [6.45, 7) is 0. The van der Waals surface area contributed by atoms with Gasteiger partial charge < -0.3 is 15.1 Å². The molecule has 0 saturated carbocycles. The minimum atomic E-state index is -3.83. The lowest BCUT2D eigenvalue weighted by Crippen LogP contribution is -2.25. The van der Waals surface area contributed by atoms with Crippen LogP contribution in [-0.4, -0.2) is 38.4 Å². The van der Waals surface area contributed by atoms with Crippen molar-refractivity contribution in [3.8, 4) is 0 Å². The maximum Gasteiger partial charge on any atom is 0.260 e. The zero-order chi connectivity index (χ0) is 20.8. The number of hydrogen-bond donors (Lipinski definition) is 2. The number of nitrogens with one attached hydrogen (secondary N) is 1. The zero-order valence-electron chi connectivity index (χ0n) is 15.7. The van der Waals surface area contributed by atoms with Crippen LogP contribution in [0.4, 0.5) is 28.8 Å². The van der Waals surface area contributed by atoms with Gasteiger partial charge in [0.1, 0.15) is 5.69 Å². The Balaban J connectivity index is 1.76. The summed E-state index contributed by atoms with van der Waals surface area (Å²) < 4.78 is 23.1. The summed E-state index contributed by atoms with van der Waals surface area (Å²) in [7, 11) is -0.334. The number of para-hydroxylation sites is 1. The molecule has 148 valence electrons. The van der Waals surface area contributed by atoms with Crippen molar-refractivity contribution in [2.24, 2.45) is 5.14 Å². The number of anilines is 5. The van der Waals surface area contributed by atoms with Crippen molar-refractivity contribution >= 4 is 44.8 Å². The normalized spacial score (nSPS) is 13.6. The lowest BCUT2D eigenvalue weighted by molar-refractivity contribution is 0.0994. The van der Waals surface area contributed by atoms with Crippen molar-refractivity contribution in [1.82, 2.24) is 9.97 Å². The lowest BCUT2D eigenvalue weighted by Gasteiger charge is -2.21. The Hall–Kier alpha value is -3.50. The topological polar surface area (TPSA) is 122 Å². The second kappa shape index (κ2) is 6.83. The number of primary sulfonamides is 1. The van der Waals surface area contributed by atoms with Gasteiger partial charge in [0.25, 0.3) is 5.91 Å². The molecule has 0 fully saturated rings. The van der Waals surface area contributed by atoms with Crippen molar-refractivity contribution in [3.05, 3.63) is 60.3 Å². The highest BCUT2D eigenvalue weighted by Crippen LogP contribution is 2.37. The van der Waals surface area contributed by atoms with Crippen molar-refractivity contribution in [2.45, 2.75) is 4.90 Å². The highest BCUT2D eigenvalue weighted by molar-refractivity contribution is 7.89. The van der Waals surface area contributed by atoms with Crippen molar-refractivity contribution < 1.29 is 13.2 Å². The number of sulfonamides is 1. The third kappa shape index (κ3) is 3.39. The minimum absolute atomic E-state index is 0.0198. The summed E-state index contributed by atoms with van der Waals surface area (Å²) in [5, 5.41) is 8.17. The first-order chi connectivity index (χ1) is 13.8. The molecule has 9 nitrogen and oxygen atoms in total. The Labute approximate surface area is 167 Å². The molecule has 2 heterocycles. The van der Waals surface area contributed by atoms with Crippen LogP contribution >= 0.6 is 0 Å². The van der Waals surface area contributed by atoms with E-state index in [9.17, 15) is 13.2 Å².